The second-order valence-electron chi connectivity index (χ2n) is 7.71. The van der Waals surface area contributed by atoms with E-state index in [2.05, 4.69) is 23.9 Å². The molecule has 7 heteroatoms. The Balaban J connectivity index is 2.37. The Labute approximate surface area is 173 Å². The van der Waals surface area contributed by atoms with Crippen LogP contribution in [0, 0.1) is 5.92 Å². The molecule has 6 nitrogen and oxygen atoms in total. The molecule has 0 aliphatic heterocycles. The average molecular weight is 419 g/mol. The summed E-state index contributed by atoms with van der Waals surface area (Å²) in [5.41, 5.74) is 2.42. The maximum atomic E-state index is 13.1. The fourth-order valence-electron chi connectivity index (χ4n) is 3.05. The normalized spacial score (nSPS) is 12.8. The van der Waals surface area contributed by atoms with E-state index in [-0.39, 0.29) is 22.8 Å². The Bertz CT molecular complexity index is 951. The molecular formula is C22H30N2O4S. The van der Waals surface area contributed by atoms with Crippen LogP contribution in [-0.4, -0.2) is 21.4 Å². The summed E-state index contributed by atoms with van der Waals surface area (Å²) >= 11 is 0. The molecule has 0 saturated carbocycles. The molecule has 2 aromatic rings. The van der Waals surface area contributed by atoms with Gasteiger partial charge in [-0.2, -0.15) is 0 Å². The maximum Gasteiger partial charge on any atom is 0.241 e. The summed E-state index contributed by atoms with van der Waals surface area (Å²) < 4.78 is 34.2. The van der Waals surface area contributed by atoms with E-state index in [1.165, 1.54) is 37.8 Å². The molecule has 0 unspecified atom stereocenters. The Kier molecular flexibility index (Phi) is 7.43. The summed E-state index contributed by atoms with van der Waals surface area (Å²) in [6.45, 7) is 9.54. The van der Waals surface area contributed by atoms with Crippen molar-refractivity contribution >= 4 is 21.6 Å². The highest BCUT2D eigenvalue weighted by atomic mass is 32.2. The number of carbonyl (C=O) groups excluding carboxylic acids is 1. The summed E-state index contributed by atoms with van der Waals surface area (Å²) in [4.78, 5) is 11.5. The van der Waals surface area contributed by atoms with E-state index < -0.39 is 10.0 Å². The number of carbonyl (C=O) groups is 1. The molecule has 0 radical (unpaired) electrons. The van der Waals surface area contributed by atoms with E-state index in [0.717, 1.165) is 5.56 Å². The first-order chi connectivity index (χ1) is 13.5. The zero-order chi connectivity index (χ0) is 21.8. The van der Waals surface area contributed by atoms with E-state index >= 15 is 0 Å². The van der Waals surface area contributed by atoms with Gasteiger partial charge in [0, 0.05) is 13.0 Å². The Morgan fingerprint density at radius 1 is 0.966 bits per heavy atom. The standard InChI is InChI=1S/C22H30N2O4S/c1-14(2)17-7-9-18(10-8-17)22(15(3)4)24-29(26,27)19-11-12-21(28-6)20(13-19)23-16(5)25/h7-15,22,24H,1-6H3,(H,23,25)/t22-/m0/s1. The van der Waals surface area contributed by atoms with Crippen molar-refractivity contribution in [3.05, 3.63) is 53.6 Å². The summed E-state index contributed by atoms with van der Waals surface area (Å²) in [6.07, 6.45) is 0. The van der Waals surface area contributed by atoms with Crippen molar-refractivity contribution in [3.8, 4) is 5.75 Å². The van der Waals surface area contributed by atoms with Crippen LogP contribution >= 0.6 is 0 Å². The Hall–Kier alpha value is -2.38. The third-order valence-corrected chi connectivity index (χ3v) is 6.14. The number of hydrogen-bond donors (Lipinski definition) is 2. The average Bonchev–Trinajstić information content (AvgIpc) is 2.65. The van der Waals surface area contributed by atoms with E-state index in [1.807, 2.05) is 38.1 Å². The molecule has 0 fully saturated rings. The van der Waals surface area contributed by atoms with Gasteiger partial charge in [0.05, 0.1) is 17.7 Å². The SMILES string of the molecule is COc1ccc(S(=O)(=O)N[C@H](c2ccc(C(C)C)cc2)C(C)C)cc1NC(C)=O. The molecule has 1 amide bonds. The Morgan fingerprint density at radius 3 is 2.03 bits per heavy atom. The zero-order valence-corrected chi connectivity index (χ0v) is 18.6. The topological polar surface area (TPSA) is 84.5 Å². The second kappa shape index (κ2) is 9.41. The van der Waals surface area contributed by atoms with Crippen molar-refractivity contribution in [2.45, 2.75) is 51.5 Å². The highest BCUT2D eigenvalue weighted by Gasteiger charge is 2.25. The monoisotopic (exact) mass is 418 g/mol. The number of ether oxygens (including phenoxy) is 1. The van der Waals surface area contributed by atoms with Crippen LogP contribution in [0.4, 0.5) is 5.69 Å². The van der Waals surface area contributed by atoms with Gasteiger partial charge in [0.1, 0.15) is 5.75 Å². The first kappa shape index (κ1) is 22.9. The number of benzene rings is 2. The molecule has 29 heavy (non-hydrogen) atoms. The van der Waals surface area contributed by atoms with Gasteiger partial charge in [-0.15, -0.1) is 0 Å². The van der Waals surface area contributed by atoms with Crippen molar-refractivity contribution in [1.29, 1.82) is 0 Å². The van der Waals surface area contributed by atoms with Crippen LogP contribution in [0.2, 0.25) is 0 Å². The molecule has 0 aliphatic carbocycles. The van der Waals surface area contributed by atoms with Crippen LogP contribution in [0.25, 0.3) is 0 Å². The number of rotatable bonds is 8. The van der Waals surface area contributed by atoms with Gasteiger partial charge in [-0.1, -0.05) is 52.0 Å². The van der Waals surface area contributed by atoms with Crippen molar-refractivity contribution in [3.63, 3.8) is 0 Å². The molecule has 2 N–H and O–H groups in total. The number of amides is 1. The predicted octanol–water partition coefficient (Wildman–Crippen LogP) is 4.45. The molecule has 0 heterocycles. The fraction of sp³-hybridized carbons (Fsp3) is 0.409. The van der Waals surface area contributed by atoms with Gasteiger partial charge in [0.15, 0.2) is 0 Å². The molecular weight excluding hydrogens is 388 g/mol. The van der Waals surface area contributed by atoms with Gasteiger partial charge in [0.25, 0.3) is 0 Å². The summed E-state index contributed by atoms with van der Waals surface area (Å²) in [6, 6.07) is 12.0. The van der Waals surface area contributed by atoms with Crippen LogP contribution in [0.3, 0.4) is 0 Å². The zero-order valence-electron chi connectivity index (χ0n) is 17.8. The third kappa shape index (κ3) is 5.81. The largest absolute Gasteiger partial charge is 0.495 e. The minimum atomic E-state index is -3.82. The molecule has 0 aromatic heterocycles. The molecule has 0 saturated heterocycles. The van der Waals surface area contributed by atoms with Crippen LogP contribution in [0.5, 0.6) is 5.75 Å². The van der Waals surface area contributed by atoms with Gasteiger partial charge >= 0.3 is 0 Å². The van der Waals surface area contributed by atoms with Crippen molar-refractivity contribution in [1.82, 2.24) is 4.72 Å². The van der Waals surface area contributed by atoms with E-state index in [1.54, 1.807) is 0 Å². The fourth-order valence-corrected chi connectivity index (χ4v) is 4.45. The highest BCUT2D eigenvalue weighted by Crippen LogP contribution is 2.30. The molecule has 0 aliphatic rings. The van der Waals surface area contributed by atoms with E-state index in [4.69, 9.17) is 4.74 Å². The lowest BCUT2D eigenvalue weighted by Crippen LogP contribution is -2.32. The smallest absolute Gasteiger partial charge is 0.241 e. The number of methoxy groups -OCH3 is 1. The van der Waals surface area contributed by atoms with E-state index in [9.17, 15) is 13.2 Å². The number of sulfonamides is 1. The van der Waals surface area contributed by atoms with Crippen molar-refractivity contribution < 1.29 is 17.9 Å². The highest BCUT2D eigenvalue weighted by molar-refractivity contribution is 7.89. The Morgan fingerprint density at radius 2 is 1.55 bits per heavy atom. The quantitative estimate of drug-likeness (QED) is 0.663. The number of anilines is 1. The van der Waals surface area contributed by atoms with Gasteiger partial charge in [0.2, 0.25) is 15.9 Å². The second-order valence-corrected chi connectivity index (χ2v) is 9.42. The van der Waals surface area contributed by atoms with Crippen LogP contribution in [0.15, 0.2) is 47.4 Å². The van der Waals surface area contributed by atoms with Crippen LogP contribution < -0.4 is 14.8 Å². The molecule has 0 spiro atoms. The molecule has 0 bridgehead atoms. The number of hydrogen-bond acceptors (Lipinski definition) is 4. The van der Waals surface area contributed by atoms with E-state index in [0.29, 0.717) is 17.4 Å². The first-order valence-electron chi connectivity index (χ1n) is 9.63. The lowest BCUT2D eigenvalue weighted by molar-refractivity contribution is -0.114. The van der Waals surface area contributed by atoms with Crippen LogP contribution in [0.1, 0.15) is 57.7 Å². The van der Waals surface area contributed by atoms with Crippen LogP contribution in [-0.2, 0) is 14.8 Å². The minimum absolute atomic E-state index is 0.0442. The molecule has 1 atom stereocenters. The van der Waals surface area contributed by atoms with Gasteiger partial charge in [-0.05, 0) is 41.2 Å². The van der Waals surface area contributed by atoms with Gasteiger partial charge in [-0.25, -0.2) is 13.1 Å². The first-order valence-corrected chi connectivity index (χ1v) is 11.1. The third-order valence-electron chi connectivity index (χ3n) is 4.70. The predicted molar refractivity (Wildman–Crippen MR) is 116 cm³/mol. The lowest BCUT2D eigenvalue weighted by Gasteiger charge is -2.23. The van der Waals surface area contributed by atoms with Gasteiger partial charge < -0.3 is 10.1 Å². The van der Waals surface area contributed by atoms with Crippen molar-refractivity contribution in [2.75, 3.05) is 12.4 Å². The maximum absolute atomic E-state index is 13.1. The molecule has 158 valence electrons. The van der Waals surface area contributed by atoms with Crippen molar-refractivity contribution in [2.24, 2.45) is 5.92 Å². The molecule has 2 aromatic carbocycles. The summed E-state index contributed by atoms with van der Waals surface area (Å²) in [5, 5.41) is 2.61. The summed E-state index contributed by atoms with van der Waals surface area (Å²) in [7, 11) is -2.36. The van der Waals surface area contributed by atoms with Gasteiger partial charge in [-0.3, -0.25) is 4.79 Å². The summed E-state index contributed by atoms with van der Waals surface area (Å²) in [5.74, 6) is 0.535. The number of nitrogens with one attached hydrogen (secondary N) is 2. The lowest BCUT2D eigenvalue weighted by atomic mass is 9.94. The molecule has 2 rings (SSSR count). The minimum Gasteiger partial charge on any atom is -0.495 e.